The van der Waals surface area contributed by atoms with Crippen LogP contribution in [0.3, 0.4) is 0 Å². The first-order chi connectivity index (χ1) is 7.85. The second-order valence-electron chi connectivity index (χ2n) is 3.19. The van der Waals surface area contributed by atoms with Crippen molar-refractivity contribution in [3.05, 3.63) is 57.9 Å². The Morgan fingerprint density at radius 3 is 2.38 bits per heavy atom. The molecule has 0 unspecified atom stereocenters. The van der Waals surface area contributed by atoms with Crippen molar-refractivity contribution in [2.24, 2.45) is 5.11 Å². The SMILES string of the molecule is [N-]=[N+]=Cc1cc2ccccc2cc1N=[N+]=[N-]. The van der Waals surface area contributed by atoms with Gasteiger partial charge in [0.25, 0.3) is 6.21 Å². The molecule has 0 saturated heterocycles. The summed E-state index contributed by atoms with van der Waals surface area (Å²) in [6.07, 6.45) is 1.25. The molecule has 2 aromatic rings. The fourth-order valence-corrected chi connectivity index (χ4v) is 1.55. The molecule has 0 amide bonds. The minimum atomic E-state index is 0.444. The first-order valence-electron chi connectivity index (χ1n) is 4.60. The van der Waals surface area contributed by atoms with E-state index >= 15 is 0 Å². The van der Waals surface area contributed by atoms with Gasteiger partial charge >= 0.3 is 0 Å². The first kappa shape index (κ1) is 9.93. The molecule has 0 fully saturated rings. The maximum Gasteiger partial charge on any atom is 0.288 e. The molecular weight excluding hydrogens is 202 g/mol. The van der Waals surface area contributed by atoms with Gasteiger partial charge in [0, 0.05) is 4.91 Å². The Morgan fingerprint density at radius 1 is 1.06 bits per heavy atom. The molecule has 2 aromatic carbocycles. The van der Waals surface area contributed by atoms with Gasteiger partial charge in [-0.1, -0.05) is 29.4 Å². The fourth-order valence-electron chi connectivity index (χ4n) is 1.55. The van der Waals surface area contributed by atoms with Gasteiger partial charge in [-0.2, -0.15) is 4.79 Å². The van der Waals surface area contributed by atoms with Crippen LogP contribution in [0.1, 0.15) is 5.56 Å². The molecule has 0 aliphatic rings. The van der Waals surface area contributed by atoms with Gasteiger partial charge < -0.3 is 5.53 Å². The maximum absolute atomic E-state index is 8.52. The number of nitrogens with zero attached hydrogens (tertiary/aromatic N) is 5. The van der Waals surface area contributed by atoms with Crippen LogP contribution in [0.2, 0.25) is 0 Å². The highest BCUT2D eigenvalue weighted by atomic mass is 15.1. The fraction of sp³-hybridized carbons (Fsp3) is 0. The van der Waals surface area contributed by atoms with Crippen LogP contribution in [0, 0.1) is 0 Å². The summed E-state index contributed by atoms with van der Waals surface area (Å²) in [5.41, 5.74) is 18.0. The van der Waals surface area contributed by atoms with Crippen molar-refractivity contribution in [3.63, 3.8) is 0 Å². The van der Waals surface area contributed by atoms with E-state index in [2.05, 4.69) is 14.8 Å². The van der Waals surface area contributed by atoms with Gasteiger partial charge in [0.1, 0.15) is 0 Å². The summed E-state index contributed by atoms with van der Waals surface area (Å²) in [5.74, 6) is 0. The smallest absolute Gasteiger partial charge is 0.288 e. The molecule has 76 valence electrons. The molecule has 0 bridgehead atoms. The van der Waals surface area contributed by atoms with E-state index in [1.807, 2.05) is 24.3 Å². The Hall–Kier alpha value is -2.61. The lowest BCUT2D eigenvalue weighted by Crippen LogP contribution is -1.83. The van der Waals surface area contributed by atoms with Gasteiger partial charge in [-0.25, -0.2) is 0 Å². The second-order valence-corrected chi connectivity index (χ2v) is 3.19. The zero-order valence-electron chi connectivity index (χ0n) is 8.28. The van der Waals surface area contributed by atoms with Crippen LogP contribution in [0.5, 0.6) is 0 Å². The number of hydrogen-bond acceptors (Lipinski definition) is 1. The predicted molar refractivity (Wildman–Crippen MR) is 61.5 cm³/mol. The number of benzene rings is 2. The van der Waals surface area contributed by atoms with Gasteiger partial charge in [0.05, 0.1) is 11.3 Å². The van der Waals surface area contributed by atoms with Gasteiger partial charge in [-0.3, -0.25) is 0 Å². The molecule has 0 radical (unpaired) electrons. The largest absolute Gasteiger partial charge is 0.361 e. The number of fused-ring (bicyclic) bond motifs is 1. The van der Waals surface area contributed by atoms with Crippen molar-refractivity contribution in [3.8, 4) is 0 Å². The van der Waals surface area contributed by atoms with E-state index in [1.165, 1.54) is 6.21 Å². The minimum Gasteiger partial charge on any atom is -0.361 e. The quantitative estimate of drug-likeness (QED) is 0.314. The third-order valence-corrected chi connectivity index (χ3v) is 2.24. The summed E-state index contributed by atoms with van der Waals surface area (Å²) in [4.78, 5) is 5.68. The van der Waals surface area contributed by atoms with E-state index < -0.39 is 0 Å². The van der Waals surface area contributed by atoms with Gasteiger partial charge in [0.2, 0.25) is 0 Å². The van der Waals surface area contributed by atoms with Crippen LogP contribution in [-0.2, 0) is 0 Å². The summed E-state index contributed by atoms with van der Waals surface area (Å²) < 4.78 is 0. The highest BCUT2D eigenvalue weighted by molar-refractivity contribution is 5.94. The van der Waals surface area contributed by atoms with Crippen LogP contribution in [0.4, 0.5) is 5.69 Å². The Morgan fingerprint density at radius 2 is 1.75 bits per heavy atom. The Bertz CT molecular complexity index is 577. The number of hydrogen-bond donors (Lipinski definition) is 0. The molecule has 16 heavy (non-hydrogen) atoms. The van der Waals surface area contributed by atoms with E-state index in [-0.39, 0.29) is 0 Å². The molecule has 0 aliphatic carbocycles. The Labute approximate surface area is 91.2 Å². The monoisotopic (exact) mass is 209 g/mol. The normalized spacial score (nSPS) is 9.25. The second kappa shape index (κ2) is 4.28. The lowest BCUT2D eigenvalue weighted by molar-refractivity contribution is 0.00462. The lowest BCUT2D eigenvalue weighted by Gasteiger charge is -2.00. The molecule has 0 aliphatic heterocycles. The molecule has 0 N–H and O–H groups in total. The Kier molecular flexibility index (Phi) is 2.65. The summed E-state index contributed by atoms with van der Waals surface area (Å²) >= 11 is 0. The van der Waals surface area contributed by atoms with Crippen molar-refractivity contribution in [1.29, 1.82) is 0 Å². The average Bonchev–Trinajstić information content (AvgIpc) is 2.30. The average molecular weight is 209 g/mol. The van der Waals surface area contributed by atoms with Crippen LogP contribution in [-0.4, -0.2) is 11.0 Å². The molecule has 0 aromatic heterocycles. The summed E-state index contributed by atoms with van der Waals surface area (Å²) in [6.45, 7) is 0. The van der Waals surface area contributed by atoms with Crippen LogP contribution < -0.4 is 0 Å². The van der Waals surface area contributed by atoms with Crippen molar-refractivity contribution >= 4 is 22.7 Å². The van der Waals surface area contributed by atoms with E-state index in [1.54, 1.807) is 12.1 Å². The molecule has 0 heterocycles. The predicted octanol–water partition coefficient (Wildman–Crippen LogP) is 3.43. The molecule has 5 heteroatoms. The number of rotatable bonds is 2. The van der Waals surface area contributed by atoms with E-state index in [0.29, 0.717) is 11.3 Å². The van der Waals surface area contributed by atoms with Crippen molar-refractivity contribution in [1.82, 2.24) is 0 Å². The van der Waals surface area contributed by atoms with E-state index in [9.17, 15) is 0 Å². The third-order valence-electron chi connectivity index (χ3n) is 2.24. The van der Waals surface area contributed by atoms with E-state index in [4.69, 9.17) is 11.1 Å². The molecule has 2 rings (SSSR count). The maximum atomic E-state index is 8.52. The highest BCUT2D eigenvalue weighted by Gasteiger charge is 2.04. The molecule has 0 spiro atoms. The topological polar surface area (TPSA) is 85.2 Å². The molecule has 0 saturated carbocycles. The Balaban J connectivity index is 2.80. The third kappa shape index (κ3) is 1.77. The van der Waals surface area contributed by atoms with Gasteiger partial charge in [-0.15, -0.1) is 0 Å². The summed E-state index contributed by atoms with van der Waals surface area (Å²) in [6, 6.07) is 11.2. The highest BCUT2D eigenvalue weighted by Crippen LogP contribution is 2.25. The zero-order chi connectivity index (χ0) is 11.4. The molecule has 5 nitrogen and oxygen atoms in total. The van der Waals surface area contributed by atoms with Crippen LogP contribution >= 0.6 is 0 Å². The molecule has 0 atom stereocenters. The van der Waals surface area contributed by atoms with Crippen LogP contribution in [0.25, 0.3) is 26.7 Å². The van der Waals surface area contributed by atoms with Crippen molar-refractivity contribution in [2.75, 3.05) is 0 Å². The summed E-state index contributed by atoms with van der Waals surface area (Å²) in [5, 5.41) is 5.52. The summed E-state index contributed by atoms with van der Waals surface area (Å²) in [7, 11) is 0. The lowest BCUT2D eigenvalue weighted by atomic mass is 10.1. The van der Waals surface area contributed by atoms with Crippen molar-refractivity contribution < 1.29 is 4.79 Å². The van der Waals surface area contributed by atoms with Crippen molar-refractivity contribution in [2.45, 2.75) is 0 Å². The standard InChI is InChI=1S/C11H7N5/c12-14-7-10-5-8-3-1-2-4-9(8)6-11(10)15-16-13/h1-7H. The molecular formula is C11H7N5. The first-order valence-corrected chi connectivity index (χ1v) is 4.60. The number of azide groups is 1. The van der Waals surface area contributed by atoms with Crippen LogP contribution in [0.15, 0.2) is 41.5 Å². The zero-order valence-corrected chi connectivity index (χ0v) is 8.28. The van der Waals surface area contributed by atoms with Gasteiger partial charge in [-0.05, 0) is 28.4 Å². The van der Waals surface area contributed by atoms with Gasteiger partial charge in [0.15, 0.2) is 0 Å². The minimum absolute atomic E-state index is 0.444. The van der Waals surface area contributed by atoms with E-state index in [0.717, 1.165) is 10.8 Å².